The van der Waals surface area contributed by atoms with Crippen LogP contribution in [0.3, 0.4) is 0 Å². The van der Waals surface area contributed by atoms with Crippen LogP contribution in [0.1, 0.15) is 22.8 Å². The number of hydrogen-bond acceptors (Lipinski definition) is 3. The lowest BCUT2D eigenvalue weighted by Crippen LogP contribution is -2.30. The Kier molecular flexibility index (Phi) is 5.70. The van der Waals surface area contributed by atoms with Crippen LogP contribution in [0.5, 0.6) is 5.75 Å². The van der Waals surface area contributed by atoms with Crippen LogP contribution in [0.25, 0.3) is 0 Å². The summed E-state index contributed by atoms with van der Waals surface area (Å²) in [6, 6.07) is 9.17. The van der Waals surface area contributed by atoms with Crippen LogP contribution >= 0.6 is 23.2 Å². The van der Waals surface area contributed by atoms with Crippen LogP contribution < -0.4 is 10.1 Å². The smallest absolute Gasteiger partial charge is 0.335 e. The van der Waals surface area contributed by atoms with E-state index in [1.54, 1.807) is 32.0 Å². The van der Waals surface area contributed by atoms with E-state index in [1.807, 2.05) is 0 Å². The van der Waals surface area contributed by atoms with E-state index in [9.17, 15) is 9.59 Å². The second-order valence-electron chi connectivity index (χ2n) is 5.16. The van der Waals surface area contributed by atoms with Gasteiger partial charge in [0.25, 0.3) is 5.91 Å². The molecule has 126 valence electrons. The molecule has 0 fully saturated rings. The second kappa shape index (κ2) is 7.55. The van der Waals surface area contributed by atoms with Gasteiger partial charge in [-0.1, -0.05) is 23.2 Å². The number of nitrogens with one attached hydrogen (secondary N) is 1. The average molecular weight is 368 g/mol. The van der Waals surface area contributed by atoms with Crippen LogP contribution in [-0.4, -0.2) is 23.1 Å². The van der Waals surface area contributed by atoms with E-state index < -0.39 is 12.1 Å². The fraction of sp³-hybridized carbons (Fsp3) is 0.176. The van der Waals surface area contributed by atoms with Crippen molar-refractivity contribution in [3.8, 4) is 5.75 Å². The lowest BCUT2D eigenvalue weighted by atomic mass is 10.1. The van der Waals surface area contributed by atoms with E-state index in [0.717, 1.165) is 0 Å². The van der Waals surface area contributed by atoms with E-state index in [4.69, 9.17) is 33.0 Å². The molecule has 1 amide bonds. The quantitative estimate of drug-likeness (QED) is 0.820. The van der Waals surface area contributed by atoms with Crippen molar-refractivity contribution in [2.75, 3.05) is 5.32 Å². The molecule has 0 heterocycles. The van der Waals surface area contributed by atoms with E-state index in [-0.39, 0.29) is 11.5 Å². The molecule has 0 bridgehead atoms. The Morgan fingerprint density at radius 2 is 1.88 bits per heavy atom. The third-order valence-corrected chi connectivity index (χ3v) is 3.83. The second-order valence-corrected chi connectivity index (χ2v) is 6.00. The van der Waals surface area contributed by atoms with Gasteiger partial charge in [0.05, 0.1) is 10.6 Å². The summed E-state index contributed by atoms with van der Waals surface area (Å²) in [6.07, 6.45) is -0.803. The largest absolute Gasteiger partial charge is 0.479 e. The van der Waals surface area contributed by atoms with Crippen molar-refractivity contribution in [3.63, 3.8) is 0 Å². The summed E-state index contributed by atoms with van der Waals surface area (Å²) in [7, 11) is 0. The van der Waals surface area contributed by atoms with Gasteiger partial charge in [0.1, 0.15) is 5.75 Å². The van der Waals surface area contributed by atoms with Crippen LogP contribution in [-0.2, 0) is 4.79 Å². The number of carbonyl (C=O) groups excluding carboxylic acids is 1. The molecule has 0 aliphatic heterocycles. The van der Waals surface area contributed by atoms with Gasteiger partial charge in [-0.05, 0) is 55.8 Å². The van der Waals surface area contributed by atoms with Gasteiger partial charge in [0.2, 0.25) is 0 Å². The molecule has 0 unspecified atom stereocenters. The molecule has 0 aliphatic carbocycles. The first-order chi connectivity index (χ1) is 11.3. The molecule has 2 aromatic rings. The third-order valence-electron chi connectivity index (χ3n) is 3.30. The number of hydrogen-bond donors (Lipinski definition) is 2. The van der Waals surface area contributed by atoms with Gasteiger partial charge in [-0.15, -0.1) is 0 Å². The number of benzene rings is 2. The van der Waals surface area contributed by atoms with Crippen LogP contribution in [0.2, 0.25) is 10.0 Å². The lowest BCUT2D eigenvalue weighted by molar-refractivity contribution is -0.122. The highest BCUT2D eigenvalue weighted by Gasteiger charge is 2.17. The normalized spacial score (nSPS) is 11.7. The van der Waals surface area contributed by atoms with Crippen molar-refractivity contribution in [2.24, 2.45) is 0 Å². The predicted molar refractivity (Wildman–Crippen MR) is 93.3 cm³/mol. The Labute approximate surface area is 149 Å². The van der Waals surface area contributed by atoms with E-state index in [0.29, 0.717) is 27.0 Å². The standard InChI is InChI=1S/C17H15Cl2NO4/c1-9-7-11(17(22)23)3-5-14(9)20-16(21)10(2)24-15-6-4-12(18)8-13(15)19/h3-8,10H,1-2H3,(H,20,21)(H,22,23)/t10-/m0/s1. The van der Waals surface area contributed by atoms with Crippen molar-refractivity contribution in [1.29, 1.82) is 0 Å². The minimum absolute atomic E-state index is 0.155. The van der Waals surface area contributed by atoms with E-state index >= 15 is 0 Å². The summed E-state index contributed by atoms with van der Waals surface area (Å²) in [5.41, 5.74) is 1.31. The number of amides is 1. The summed E-state index contributed by atoms with van der Waals surface area (Å²) in [5, 5.41) is 12.4. The van der Waals surface area contributed by atoms with Crippen molar-refractivity contribution in [2.45, 2.75) is 20.0 Å². The number of carboxylic acid groups (broad SMARTS) is 1. The van der Waals surface area contributed by atoms with Gasteiger partial charge < -0.3 is 15.2 Å². The summed E-state index contributed by atoms with van der Waals surface area (Å²) >= 11 is 11.8. The molecule has 24 heavy (non-hydrogen) atoms. The van der Waals surface area contributed by atoms with Gasteiger partial charge in [-0.25, -0.2) is 4.79 Å². The first-order valence-electron chi connectivity index (χ1n) is 7.04. The zero-order valence-corrected chi connectivity index (χ0v) is 14.5. The minimum atomic E-state index is -1.02. The third kappa shape index (κ3) is 4.40. The predicted octanol–water partition coefficient (Wildman–Crippen LogP) is 4.41. The van der Waals surface area contributed by atoms with Gasteiger partial charge in [-0.3, -0.25) is 4.79 Å². The summed E-state index contributed by atoms with van der Waals surface area (Å²) < 4.78 is 5.54. The molecule has 0 saturated carbocycles. The fourth-order valence-electron chi connectivity index (χ4n) is 1.99. The number of halogens is 2. The lowest BCUT2D eigenvalue weighted by Gasteiger charge is -2.16. The van der Waals surface area contributed by atoms with Crippen LogP contribution in [0.4, 0.5) is 5.69 Å². The zero-order chi connectivity index (χ0) is 17.9. The Bertz CT molecular complexity index is 792. The molecule has 0 aliphatic rings. The Morgan fingerprint density at radius 1 is 1.17 bits per heavy atom. The molecule has 2 aromatic carbocycles. The number of aryl methyl sites for hydroxylation is 1. The molecule has 0 spiro atoms. The maximum Gasteiger partial charge on any atom is 0.335 e. The summed E-state index contributed by atoms with van der Waals surface area (Å²) in [4.78, 5) is 23.2. The number of ether oxygens (including phenoxy) is 1. The Morgan fingerprint density at radius 3 is 2.46 bits per heavy atom. The monoisotopic (exact) mass is 367 g/mol. The van der Waals surface area contributed by atoms with Crippen LogP contribution in [0, 0.1) is 6.92 Å². The number of carboxylic acids is 1. The van der Waals surface area contributed by atoms with Gasteiger partial charge in [0, 0.05) is 10.7 Å². The van der Waals surface area contributed by atoms with Crippen molar-refractivity contribution >= 4 is 40.8 Å². The van der Waals surface area contributed by atoms with E-state index in [2.05, 4.69) is 5.32 Å². The molecular formula is C17H15Cl2NO4. The zero-order valence-electron chi connectivity index (χ0n) is 13.0. The minimum Gasteiger partial charge on any atom is -0.479 e. The SMILES string of the molecule is Cc1cc(C(=O)O)ccc1NC(=O)[C@H](C)Oc1ccc(Cl)cc1Cl. The van der Waals surface area contributed by atoms with Crippen LogP contribution in [0.15, 0.2) is 36.4 Å². The number of aromatic carboxylic acids is 1. The molecule has 0 radical (unpaired) electrons. The van der Waals surface area contributed by atoms with E-state index in [1.165, 1.54) is 18.2 Å². The molecule has 5 nitrogen and oxygen atoms in total. The molecule has 7 heteroatoms. The number of anilines is 1. The number of carbonyl (C=O) groups is 2. The Balaban J connectivity index is 2.07. The van der Waals surface area contributed by atoms with Gasteiger partial charge in [-0.2, -0.15) is 0 Å². The Hall–Kier alpha value is -2.24. The first-order valence-corrected chi connectivity index (χ1v) is 7.80. The molecule has 2 N–H and O–H groups in total. The molecule has 0 aromatic heterocycles. The van der Waals surface area contributed by atoms with Gasteiger partial charge in [0.15, 0.2) is 6.10 Å². The fourth-order valence-corrected chi connectivity index (χ4v) is 2.44. The average Bonchev–Trinajstić information content (AvgIpc) is 2.51. The summed E-state index contributed by atoms with van der Waals surface area (Å²) in [5.74, 6) is -1.06. The maximum absolute atomic E-state index is 12.2. The van der Waals surface area contributed by atoms with Crippen molar-refractivity contribution < 1.29 is 19.4 Å². The molecule has 0 saturated heterocycles. The topological polar surface area (TPSA) is 75.6 Å². The first kappa shape index (κ1) is 18.1. The highest BCUT2D eigenvalue weighted by atomic mass is 35.5. The molecular weight excluding hydrogens is 353 g/mol. The highest BCUT2D eigenvalue weighted by molar-refractivity contribution is 6.35. The summed E-state index contributed by atoms with van der Waals surface area (Å²) in [6.45, 7) is 3.30. The van der Waals surface area contributed by atoms with Crippen molar-refractivity contribution in [1.82, 2.24) is 0 Å². The van der Waals surface area contributed by atoms with Gasteiger partial charge >= 0.3 is 5.97 Å². The molecule has 1 atom stereocenters. The highest BCUT2D eigenvalue weighted by Crippen LogP contribution is 2.28. The molecule has 2 rings (SSSR count). The number of rotatable bonds is 5. The van der Waals surface area contributed by atoms with Crippen molar-refractivity contribution in [3.05, 3.63) is 57.6 Å². The maximum atomic E-state index is 12.2.